The summed E-state index contributed by atoms with van der Waals surface area (Å²) in [4.78, 5) is 14.4. The van der Waals surface area contributed by atoms with Crippen molar-refractivity contribution in [3.63, 3.8) is 0 Å². The normalized spacial score (nSPS) is 19.7. The average molecular weight is 265 g/mol. The standard InChI is InChI=1S/C13H19N3OS/c1-9-7-11(15-14)3-4-12(9)13(17)16-5-6-18-10(2)8-16/h3-4,7,10,15H,5-6,8,14H2,1-2H3. The topological polar surface area (TPSA) is 58.4 Å². The van der Waals surface area contributed by atoms with Crippen LogP contribution in [0.3, 0.4) is 0 Å². The van der Waals surface area contributed by atoms with E-state index in [1.54, 1.807) is 0 Å². The number of nitrogens with zero attached hydrogens (tertiary/aromatic N) is 1. The van der Waals surface area contributed by atoms with Crippen molar-refractivity contribution in [3.8, 4) is 0 Å². The molecule has 0 spiro atoms. The first-order chi connectivity index (χ1) is 8.61. The summed E-state index contributed by atoms with van der Waals surface area (Å²) in [5, 5.41) is 0.521. The van der Waals surface area contributed by atoms with E-state index in [9.17, 15) is 4.79 Å². The smallest absolute Gasteiger partial charge is 0.254 e. The van der Waals surface area contributed by atoms with Gasteiger partial charge in [-0.1, -0.05) is 6.92 Å². The van der Waals surface area contributed by atoms with Crippen LogP contribution < -0.4 is 11.3 Å². The lowest BCUT2D eigenvalue weighted by molar-refractivity contribution is 0.0762. The predicted octanol–water partition coefficient (Wildman–Crippen LogP) is 1.86. The zero-order valence-corrected chi connectivity index (χ0v) is 11.6. The first-order valence-electron chi connectivity index (χ1n) is 6.10. The molecule has 0 aliphatic carbocycles. The number of thioether (sulfide) groups is 1. The highest BCUT2D eigenvalue weighted by Gasteiger charge is 2.23. The molecule has 0 radical (unpaired) electrons. The van der Waals surface area contributed by atoms with Crippen LogP contribution in [-0.4, -0.2) is 34.9 Å². The molecule has 4 nitrogen and oxygen atoms in total. The fourth-order valence-corrected chi connectivity index (χ4v) is 3.18. The summed E-state index contributed by atoms with van der Waals surface area (Å²) >= 11 is 1.92. The molecular formula is C13H19N3OS. The Bertz CT molecular complexity index is 450. The van der Waals surface area contributed by atoms with Crippen molar-refractivity contribution in [2.24, 2.45) is 5.84 Å². The van der Waals surface area contributed by atoms with E-state index < -0.39 is 0 Å². The Morgan fingerprint density at radius 3 is 2.94 bits per heavy atom. The highest BCUT2D eigenvalue weighted by Crippen LogP contribution is 2.21. The Morgan fingerprint density at radius 1 is 1.56 bits per heavy atom. The van der Waals surface area contributed by atoms with Crippen LogP contribution in [0.15, 0.2) is 18.2 Å². The van der Waals surface area contributed by atoms with Gasteiger partial charge in [-0.25, -0.2) is 0 Å². The lowest BCUT2D eigenvalue weighted by atomic mass is 10.1. The number of hydrogen-bond acceptors (Lipinski definition) is 4. The number of nitrogens with two attached hydrogens (primary N) is 1. The Kier molecular flexibility index (Phi) is 4.14. The monoisotopic (exact) mass is 265 g/mol. The molecule has 5 heteroatoms. The molecule has 2 rings (SSSR count). The number of nitrogens with one attached hydrogen (secondary N) is 1. The molecule has 98 valence electrons. The highest BCUT2D eigenvalue weighted by atomic mass is 32.2. The predicted molar refractivity (Wildman–Crippen MR) is 76.8 cm³/mol. The minimum atomic E-state index is 0.128. The second-order valence-electron chi connectivity index (χ2n) is 4.61. The van der Waals surface area contributed by atoms with Crippen molar-refractivity contribution < 1.29 is 4.79 Å². The Labute approximate surface area is 112 Å². The number of hydrogen-bond donors (Lipinski definition) is 2. The summed E-state index contributed by atoms with van der Waals surface area (Å²) in [5.41, 5.74) is 5.15. The number of amides is 1. The van der Waals surface area contributed by atoms with Gasteiger partial charge in [0, 0.05) is 35.3 Å². The fourth-order valence-electron chi connectivity index (χ4n) is 2.17. The van der Waals surface area contributed by atoms with Gasteiger partial charge < -0.3 is 10.3 Å². The number of hydrazine groups is 1. The SMILES string of the molecule is Cc1cc(NN)ccc1C(=O)N1CCSC(C)C1. The molecule has 1 heterocycles. The van der Waals surface area contributed by atoms with E-state index in [-0.39, 0.29) is 5.91 Å². The van der Waals surface area contributed by atoms with Crippen LogP contribution in [0.4, 0.5) is 5.69 Å². The summed E-state index contributed by atoms with van der Waals surface area (Å²) in [6.45, 7) is 5.78. The van der Waals surface area contributed by atoms with Crippen molar-refractivity contribution in [3.05, 3.63) is 29.3 Å². The second kappa shape index (κ2) is 5.63. The maximum atomic E-state index is 12.4. The number of rotatable bonds is 2. The lowest BCUT2D eigenvalue weighted by Crippen LogP contribution is -2.41. The molecule has 1 aliphatic heterocycles. The number of carbonyl (C=O) groups excluding carboxylic acids is 1. The van der Waals surface area contributed by atoms with E-state index in [0.29, 0.717) is 5.25 Å². The van der Waals surface area contributed by atoms with E-state index >= 15 is 0 Å². The van der Waals surface area contributed by atoms with E-state index in [0.717, 1.165) is 35.7 Å². The van der Waals surface area contributed by atoms with E-state index in [1.807, 2.05) is 41.8 Å². The quantitative estimate of drug-likeness (QED) is 0.633. The molecule has 18 heavy (non-hydrogen) atoms. The maximum absolute atomic E-state index is 12.4. The summed E-state index contributed by atoms with van der Waals surface area (Å²) < 4.78 is 0. The fraction of sp³-hybridized carbons (Fsp3) is 0.462. The molecule has 1 aromatic rings. The van der Waals surface area contributed by atoms with Crippen molar-refractivity contribution in [1.29, 1.82) is 0 Å². The molecule has 1 saturated heterocycles. The zero-order valence-electron chi connectivity index (χ0n) is 10.8. The van der Waals surface area contributed by atoms with Crippen molar-refractivity contribution in [2.75, 3.05) is 24.3 Å². The molecule has 3 N–H and O–H groups in total. The Morgan fingerprint density at radius 2 is 2.33 bits per heavy atom. The third-order valence-corrected chi connectivity index (χ3v) is 4.29. The molecule has 0 bridgehead atoms. The summed E-state index contributed by atoms with van der Waals surface area (Å²) in [6.07, 6.45) is 0. The first-order valence-corrected chi connectivity index (χ1v) is 7.15. The molecule has 1 atom stereocenters. The van der Waals surface area contributed by atoms with Crippen LogP contribution >= 0.6 is 11.8 Å². The van der Waals surface area contributed by atoms with Gasteiger partial charge in [-0.05, 0) is 30.7 Å². The Balaban J connectivity index is 2.17. The minimum absolute atomic E-state index is 0.128. The van der Waals surface area contributed by atoms with E-state index in [1.165, 1.54) is 0 Å². The van der Waals surface area contributed by atoms with Gasteiger partial charge in [0.25, 0.3) is 5.91 Å². The van der Waals surface area contributed by atoms with Crippen LogP contribution in [0, 0.1) is 6.92 Å². The highest BCUT2D eigenvalue weighted by molar-refractivity contribution is 7.99. The third-order valence-electron chi connectivity index (χ3n) is 3.15. The largest absolute Gasteiger partial charge is 0.337 e. The van der Waals surface area contributed by atoms with Gasteiger partial charge in [0.2, 0.25) is 0 Å². The van der Waals surface area contributed by atoms with Gasteiger partial charge in [0.15, 0.2) is 0 Å². The van der Waals surface area contributed by atoms with Crippen molar-refractivity contribution >= 4 is 23.4 Å². The summed E-state index contributed by atoms with van der Waals surface area (Å²) in [6, 6.07) is 5.58. The Hall–Kier alpha value is -1.20. The lowest BCUT2D eigenvalue weighted by Gasteiger charge is -2.31. The molecule has 0 aromatic heterocycles. The van der Waals surface area contributed by atoms with Crippen molar-refractivity contribution in [2.45, 2.75) is 19.1 Å². The molecule has 0 saturated carbocycles. The molecule has 1 unspecified atom stereocenters. The second-order valence-corrected chi connectivity index (χ2v) is 6.15. The van der Waals surface area contributed by atoms with Crippen LogP contribution in [0.2, 0.25) is 0 Å². The molecular weight excluding hydrogens is 246 g/mol. The molecule has 1 amide bonds. The van der Waals surface area contributed by atoms with Crippen LogP contribution in [0.5, 0.6) is 0 Å². The molecule has 1 aliphatic rings. The minimum Gasteiger partial charge on any atom is -0.337 e. The number of anilines is 1. The zero-order chi connectivity index (χ0) is 13.1. The van der Waals surface area contributed by atoms with Gasteiger partial charge in [-0.2, -0.15) is 11.8 Å². The van der Waals surface area contributed by atoms with Gasteiger partial charge >= 0.3 is 0 Å². The maximum Gasteiger partial charge on any atom is 0.254 e. The van der Waals surface area contributed by atoms with Gasteiger partial charge in [0.1, 0.15) is 0 Å². The number of aryl methyl sites for hydroxylation is 1. The van der Waals surface area contributed by atoms with Crippen molar-refractivity contribution in [1.82, 2.24) is 4.90 Å². The van der Waals surface area contributed by atoms with Crippen LogP contribution in [0.25, 0.3) is 0 Å². The number of nitrogen functional groups attached to an aromatic ring is 1. The van der Waals surface area contributed by atoms with Crippen LogP contribution in [0.1, 0.15) is 22.8 Å². The van der Waals surface area contributed by atoms with E-state index in [2.05, 4.69) is 12.3 Å². The van der Waals surface area contributed by atoms with Gasteiger partial charge in [-0.3, -0.25) is 10.6 Å². The summed E-state index contributed by atoms with van der Waals surface area (Å²) in [7, 11) is 0. The first kappa shape index (κ1) is 13.2. The van der Waals surface area contributed by atoms with Gasteiger partial charge in [0.05, 0.1) is 0 Å². The van der Waals surface area contributed by atoms with Crippen LogP contribution in [-0.2, 0) is 0 Å². The van der Waals surface area contributed by atoms with Gasteiger partial charge in [-0.15, -0.1) is 0 Å². The number of benzene rings is 1. The molecule has 1 aromatic carbocycles. The molecule has 1 fully saturated rings. The summed E-state index contributed by atoms with van der Waals surface area (Å²) in [5.74, 6) is 6.51. The average Bonchev–Trinajstić information content (AvgIpc) is 2.37. The third kappa shape index (κ3) is 2.79. The van der Waals surface area contributed by atoms with E-state index in [4.69, 9.17) is 5.84 Å². The number of carbonyl (C=O) groups is 1.